The number of benzene rings is 1. The second-order valence-corrected chi connectivity index (χ2v) is 7.05. The van der Waals surface area contributed by atoms with Crippen LogP contribution >= 0.6 is 11.8 Å². The molecule has 1 aromatic carbocycles. The third kappa shape index (κ3) is 3.64. The van der Waals surface area contributed by atoms with Crippen molar-refractivity contribution < 1.29 is 9.59 Å². The molecule has 0 atom stereocenters. The van der Waals surface area contributed by atoms with Crippen LogP contribution in [0.4, 0.5) is 5.69 Å². The van der Waals surface area contributed by atoms with Crippen molar-refractivity contribution in [2.75, 3.05) is 17.2 Å². The van der Waals surface area contributed by atoms with Gasteiger partial charge in [0.05, 0.1) is 5.69 Å². The Morgan fingerprint density at radius 3 is 2.77 bits per heavy atom. The zero-order valence-corrected chi connectivity index (χ0v) is 13.5. The monoisotopic (exact) mass is 318 g/mol. The number of hydrogen-bond acceptors (Lipinski definition) is 3. The number of carbonyl (C=O) groups excluding carboxylic acids is 2. The average Bonchev–Trinajstić information content (AvgIpc) is 3.05. The molecule has 1 saturated carbocycles. The SMILES string of the molecule is O=C(CCC(=O)N1CCSc2ccccc21)NC1CCCC1. The van der Waals surface area contributed by atoms with E-state index in [1.807, 2.05) is 29.2 Å². The van der Waals surface area contributed by atoms with Crippen molar-refractivity contribution in [3.8, 4) is 0 Å². The molecule has 2 aliphatic rings. The summed E-state index contributed by atoms with van der Waals surface area (Å²) in [7, 11) is 0. The van der Waals surface area contributed by atoms with Crippen molar-refractivity contribution in [2.45, 2.75) is 49.5 Å². The van der Waals surface area contributed by atoms with Crippen LogP contribution < -0.4 is 10.2 Å². The van der Waals surface area contributed by atoms with Crippen molar-refractivity contribution in [3.05, 3.63) is 24.3 Å². The fourth-order valence-corrected chi connectivity index (χ4v) is 4.15. The van der Waals surface area contributed by atoms with E-state index in [0.29, 0.717) is 12.5 Å². The number of nitrogens with zero attached hydrogens (tertiary/aromatic N) is 1. The van der Waals surface area contributed by atoms with Gasteiger partial charge in [0.2, 0.25) is 11.8 Å². The molecule has 118 valence electrons. The number of rotatable bonds is 4. The number of fused-ring (bicyclic) bond motifs is 1. The van der Waals surface area contributed by atoms with Gasteiger partial charge in [-0.3, -0.25) is 9.59 Å². The van der Waals surface area contributed by atoms with Crippen LogP contribution in [0, 0.1) is 0 Å². The van der Waals surface area contributed by atoms with E-state index >= 15 is 0 Å². The largest absolute Gasteiger partial charge is 0.353 e. The van der Waals surface area contributed by atoms with Crippen LogP contribution in [-0.4, -0.2) is 30.2 Å². The third-order valence-corrected chi connectivity index (χ3v) is 5.36. The molecule has 0 bridgehead atoms. The topological polar surface area (TPSA) is 49.4 Å². The van der Waals surface area contributed by atoms with Crippen molar-refractivity contribution in [2.24, 2.45) is 0 Å². The van der Waals surface area contributed by atoms with Crippen LogP contribution in [0.5, 0.6) is 0 Å². The predicted octanol–water partition coefficient (Wildman–Crippen LogP) is 2.96. The summed E-state index contributed by atoms with van der Waals surface area (Å²) < 4.78 is 0. The minimum absolute atomic E-state index is 0.0138. The van der Waals surface area contributed by atoms with E-state index < -0.39 is 0 Å². The number of amides is 2. The lowest BCUT2D eigenvalue weighted by Gasteiger charge is -2.29. The van der Waals surface area contributed by atoms with E-state index in [9.17, 15) is 9.59 Å². The summed E-state index contributed by atoms with van der Waals surface area (Å²) in [6.07, 6.45) is 5.14. The van der Waals surface area contributed by atoms with Crippen molar-refractivity contribution in [3.63, 3.8) is 0 Å². The highest BCUT2D eigenvalue weighted by molar-refractivity contribution is 7.99. The minimum Gasteiger partial charge on any atom is -0.353 e. The van der Waals surface area contributed by atoms with E-state index in [2.05, 4.69) is 5.32 Å². The number of anilines is 1. The molecule has 4 nitrogen and oxygen atoms in total. The lowest BCUT2D eigenvalue weighted by atomic mass is 10.2. The van der Waals surface area contributed by atoms with Gasteiger partial charge in [0.15, 0.2) is 0 Å². The highest BCUT2D eigenvalue weighted by atomic mass is 32.2. The first-order valence-corrected chi connectivity index (χ1v) is 9.04. The number of carbonyl (C=O) groups is 2. The van der Waals surface area contributed by atoms with Gasteiger partial charge in [-0.25, -0.2) is 0 Å². The van der Waals surface area contributed by atoms with Gasteiger partial charge >= 0.3 is 0 Å². The molecule has 1 aliphatic heterocycles. The molecule has 1 fully saturated rings. The van der Waals surface area contributed by atoms with Gasteiger partial charge in [0.25, 0.3) is 0 Å². The standard InChI is InChI=1S/C17H22N2O2S/c20-16(18-13-5-1-2-6-13)9-10-17(21)19-11-12-22-15-8-4-3-7-14(15)19/h3-4,7-8,13H,1-2,5-6,9-12H2,(H,18,20). The molecule has 3 rings (SSSR count). The van der Waals surface area contributed by atoms with Gasteiger partial charge in [-0.15, -0.1) is 11.8 Å². The van der Waals surface area contributed by atoms with Crippen LogP contribution in [-0.2, 0) is 9.59 Å². The van der Waals surface area contributed by atoms with Crippen LogP contribution in [0.2, 0.25) is 0 Å². The molecule has 5 heteroatoms. The summed E-state index contributed by atoms with van der Waals surface area (Å²) in [4.78, 5) is 27.4. The Labute approximate surface area is 135 Å². The summed E-state index contributed by atoms with van der Waals surface area (Å²) >= 11 is 1.78. The first-order valence-electron chi connectivity index (χ1n) is 8.05. The highest BCUT2D eigenvalue weighted by Gasteiger charge is 2.23. The molecule has 22 heavy (non-hydrogen) atoms. The molecule has 1 heterocycles. The Balaban J connectivity index is 1.53. The first-order chi connectivity index (χ1) is 10.7. The lowest BCUT2D eigenvalue weighted by Crippen LogP contribution is -2.37. The molecule has 0 radical (unpaired) electrons. The fraction of sp³-hybridized carbons (Fsp3) is 0.529. The molecule has 0 unspecified atom stereocenters. The maximum absolute atomic E-state index is 12.4. The van der Waals surface area contributed by atoms with Crippen molar-refractivity contribution >= 4 is 29.3 Å². The second kappa shape index (κ2) is 7.18. The maximum Gasteiger partial charge on any atom is 0.227 e. The smallest absolute Gasteiger partial charge is 0.227 e. The highest BCUT2D eigenvalue weighted by Crippen LogP contribution is 2.34. The minimum atomic E-state index is 0.0138. The van der Waals surface area contributed by atoms with Gasteiger partial charge in [-0.1, -0.05) is 25.0 Å². The third-order valence-electron chi connectivity index (χ3n) is 4.32. The molecule has 0 saturated heterocycles. The molecular formula is C17H22N2O2S. The number of hydrogen-bond donors (Lipinski definition) is 1. The molecular weight excluding hydrogens is 296 g/mol. The van der Waals surface area contributed by atoms with Gasteiger partial charge in [0, 0.05) is 36.1 Å². The molecule has 0 aromatic heterocycles. The van der Waals surface area contributed by atoms with Crippen LogP contribution in [0.3, 0.4) is 0 Å². The zero-order valence-electron chi connectivity index (χ0n) is 12.7. The van der Waals surface area contributed by atoms with E-state index in [0.717, 1.165) is 35.7 Å². The molecule has 2 amide bonds. The summed E-state index contributed by atoms with van der Waals surface area (Å²) in [6.45, 7) is 0.727. The first kappa shape index (κ1) is 15.4. The Bertz CT molecular complexity index is 555. The van der Waals surface area contributed by atoms with Crippen molar-refractivity contribution in [1.82, 2.24) is 5.32 Å². The van der Waals surface area contributed by atoms with E-state index in [1.54, 1.807) is 11.8 Å². The molecule has 1 aromatic rings. The van der Waals surface area contributed by atoms with Gasteiger partial charge in [-0.2, -0.15) is 0 Å². The van der Waals surface area contributed by atoms with Crippen LogP contribution in [0.15, 0.2) is 29.2 Å². The number of para-hydroxylation sites is 1. The van der Waals surface area contributed by atoms with Crippen LogP contribution in [0.25, 0.3) is 0 Å². The fourth-order valence-electron chi connectivity index (χ4n) is 3.15. The Morgan fingerprint density at radius 2 is 1.95 bits per heavy atom. The van der Waals surface area contributed by atoms with E-state index in [-0.39, 0.29) is 18.2 Å². The quantitative estimate of drug-likeness (QED) is 0.928. The summed E-state index contributed by atoms with van der Waals surface area (Å²) in [6, 6.07) is 8.31. The summed E-state index contributed by atoms with van der Waals surface area (Å²) in [5, 5.41) is 3.04. The van der Waals surface area contributed by atoms with Crippen molar-refractivity contribution in [1.29, 1.82) is 0 Å². The Kier molecular flexibility index (Phi) is 5.03. The van der Waals surface area contributed by atoms with E-state index in [1.165, 1.54) is 12.8 Å². The van der Waals surface area contributed by atoms with Gasteiger partial charge in [0.1, 0.15) is 0 Å². The van der Waals surface area contributed by atoms with Gasteiger partial charge in [-0.05, 0) is 25.0 Å². The van der Waals surface area contributed by atoms with Crippen LogP contribution in [0.1, 0.15) is 38.5 Å². The average molecular weight is 318 g/mol. The van der Waals surface area contributed by atoms with Gasteiger partial charge < -0.3 is 10.2 Å². The summed E-state index contributed by atoms with van der Waals surface area (Å²) in [5.41, 5.74) is 0.986. The Morgan fingerprint density at radius 1 is 1.18 bits per heavy atom. The zero-order chi connectivity index (χ0) is 15.4. The summed E-state index contributed by atoms with van der Waals surface area (Å²) in [5.74, 6) is 0.978. The molecule has 0 spiro atoms. The normalized spacial score (nSPS) is 18.1. The lowest BCUT2D eigenvalue weighted by molar-refractivity contribution is -0.125. The Hall–Kier alpha value is -1.49. The molecule has 1 aliphatic carbocycles. The maximum atomic E-state index is 12.4. The molecule has 1 N–H and O–H groups in total. The van der Waals surface area contributed by atoms with E-state index in [4.69, 9.17) is 0 Å². The predicted molar refractivity (Wildman–Crippen MR) is 89.2 cm³/mol. The second-order valence-electron chi connectivity index (χ2n) is 5.91. The number of nitrogens with one attached hydrogen (secondary N) is 1. The number of thioether (sulfide) groups is 1.